The topological polar surface area (TPSA) is 52.6 Å². The molecule has 3 rings (SSSR count). The Morgan fingerprint density at radius 1 is 0.512 bits per heavy atom. The zero-order valence-corrected chi connectivity index (χ0v) is 25.9. The first kappa shape index (κ1) is 32.6. The molecule has 0 saturated carbocycles. The van der Waals surface area contributed by atoms with Crippen LogP contribution in [0.15, 0.2) is 42.5 Å². The summed E-state index contributed by atoms with van der Waals surface area (Å²) in [6.07, 6.45) is 19.7. The standard InChI is InChI=1S/C37H52O4/c1-4-6-8-10-12-14-16-18-24-34(38)40-36-30-22-20-21-23-31(30)37(33-28-29(3)26-27-32(33)36)41-35(39)25-19-17-15-13-11-9-7-5-2/h20-23,26-28H,4-19,24-25H2,1-3H3. The van der Waals surface area contributed by atoms with E-state index in [0.29, 0.717) is 24.3 Å². The number of ether oxygens (including phenoxy) is 2. The molecule has 3 aromatic carbocycles. The lowest BCUT2D eigenvalue weighted by molar-refractivity contribution is -0.135. The molecular formula is C37H52O4. The highest BCUT2D eigenvalue weighted by molar-refractivity contribution is 6.12. The molecule has 4 nitrogen and oxygen atoms in total. The van der Waals surface area contributed by atoms with E-state index in [4.69, 9.17) is 9.47 Å². The number of unbranched alkanes of at least 4 members (excludes halogenated alkanes) is 14. The molecule has 0 amide bonds. The van der Waals surface area contributed by atoms with Crippen LogP contribution in [-0.2, 0) is 9.59 Å². The molecule has 0 N–H and O–H groups in total. The van der Waals surface area contributed by atoms with E-state index in [1.807, 2.05) is 49.4 Å². The lowest BCUT2D eigenvalue weighted by atomic mass is 9.99. The van der Waals surface area contributed by atoms with Crippen LogP contribution in [0.25, 0.3) is 21.5 Å². The molecule has 0 saturated heterocycles. The van der Waals surface area contributed by atoms with E-state index < -0.39 is 0 Å². The fraction of sp³-hybridized carbons (Fsp3) is 0.568. The third kappa shape index (κ3) is 10.8. The number of benzene rings is 3. The third-order valence-corrected chi connectivity index (χ3v) is 7.98. The SMILES string of the molecule is CCCCCCCCCCC(=O)Oc1c2ccccc2c(OC(=O)CCCCCCCCCC)c2cc(C)ccc12. The van der Waals surface area contributed by atoms with Gasteiger partial charge in [-0.3, -0.25) is 9.59 Å². The molecule has 0 aliphatic carbocycles. The Morgan fingerprint density at radius 3 is 1.37 bits per heavy atom. The molecule has 0 radical (unpaired) electrons. The molecule has 4 heteroatoms. The molecule has 41 heavy (non-hydrogen) atoms. The van der Waals surface area contributed by atoms with Crippen LogP contribution in [0, 0.1) is 6.92 Å². The van der Waals surface area contributed by atoms with Crippen molar-refractivity contribution in [2.45, 2.75) is 136 Å². The summed E-state index contributed by atoms with van der Waals surface area (Å²) in [5.74, 6) is 0.709. The molecule has 0 aliphatic heterocycles. The number of carbonyl (C=O) groups is 2. The minimum Gasteiger partial charge on any atom is -0.425 e. The quantitative estimate of drug-likeness (QED) is 0.0597. The molecule has 0 unspecified atom stereocenters. The molecule has 224 valence electrons. The summed E-state index contributed by atoms with van der Waals surface area (Å²) >= 11 is 0. The Hall–Kier alpha value is -2.88. The summed E-state index contributed by atoms with van der Waals surface area (Å²) < 4.78 is 12.1. The fourth-order valence-electron chi connectivity index (χ4n) is 5.57. The van der Waals surface area contributed by atoms with Gasteiger partial charge >= 0.3 is 11.9 Å². The summed E-state index contributed by atoms with van der Waals surface area (Å²) in [5, 5.41) is 3.20. The number of fused-ring (bicyclic) bond motifs is 2. The summed E-state index contributed by atoms with van der Waals surface area (Å²) in [5.41, 5.74) is 1.06. The van der Waals surface area contributed by atoms with Crippen molar-refractivity contribution < 1.29 is 19.1 Å². The molecule has 0 atom stereocenters. The van der Waals surface area contributed by atoms with E-state index in [2.05, 4.69) is 13.8 Å². The summed E-state index contributed by atoms with van der Waals surface area (Å²) in [7, 11) is 0. The van der Waals surface area contributed by atoms with Gasteiger partial charge in [0.1, 0.15) is 11.5 Å². The van der Waals surface area contributed by atoms with Crippen LogP contribution >= 0.6 is 0 Å². The smallest absolute Gasteiger partial charge is 0.311 e. The molecule has 0 spiro atoms. The Morgan fingerprint density at radius 2 is 0.902 bits per heavy atom. The Bertz CT molecular complexity index is 1230. The highest BCUT2D eigenvalue weighted by Gasteiger charge is 2.20. The second-order valence-corrected chi connectivity index (χ2v) is 11.7. The molecular weight excluding hydrogens is 508 g/mol. The van der Waals surface area contributed by atoms with E-state index in [1.54, 1.807) is 0 Å². The molecule has 0 aromatic heterocycles. The Balaban J connectivity index is 1.67. The second kappa shape index (κ2) is 18.5. The molecule has 0 fully saturated rings. The number of aryl methyl sites for hydroxylation is 1. The van der Waals surface area contributed by atoms with E-state index in [0.717, 1.165) is 52.8 Å². The first-order chi connectivity index (χ1) is 20.0. The first-order valence-corrected chi connectivity index (χ1v) is 16.4. The zero-order chi connectivity index (χ0) is 29.3. The summed E-state index contributed by atoms with van der Waals surface area (Å²) in [4.78, 5) is 25.9. The van der Waals surface area contributed by atoms with Gasteiger partial charge in [0.15, 0.2) is 0 Å². The van der Waals surface area contributed by atoms with E-state index in [9.17, 15) is 9.59 Å². The largest absolute Gasteiger partial charge is 0.425 e. The summed E-state index contributed by atoms with van der Waals surface area (Å²) in [6, 6.07) is 13.8. The third-order valence-electron chi connectivity index (χ3n) is 7.98. The zero-order valence-electron chi connectivity index (χ0n) is 25.9. The van der Waals surface area contributed by atoms with Crippen LogP contribution in [0.4, 0.5) is 0 Å². The van der Waals surface area contributed by atoms with Gasteiger partial charge in [-0.1, -0.05) is 146 Å². The van der Waals surface area contributed by atoms with E-state index in [-0.39, 0.29) is 11.9 Å². The minimum absolute atomic E-state index is 0.205. The minimum atomic E-state index is -0.206. The average Bonchev–Trinajstić information content (AvgIpc) is 2.97. The van der Waals surface area contributed by atoms with Gasteiger partial charge in [0.25, 0.3) is 0 Å². The Labute approximate surface area is 248 Å². The maximum atomic E-state index is 13.0. The van der Waals surface area contributed by atoms with Gasteiger partial charge in [0.05, 0.1) is 0 Å². The van der Waals surface area contributed by atoms with Crippen molar-refractivity contribution >= 4 is 33.5 Å². The van der Waals surface area contributed by atoms with Crippen molar-refractivity contribution in [3.63, 3.8) is 0 Å². The van der Waals surface area contributed by atoms with Crippen molar-refractivity contribution in [3.05, 3.63) is 48.0 Å². The number of esters is 2. The van der Waals surface area contributed by atoms with Crippen molar-refractivity contribution in [1.82, 2.24) is 0 Å². The maximum Gasteiger partial charge on any atom is 0.311 e. The van der Waals surface area contributed by atoms with Crippen molar-refractivity contribution in [3.8, 4) is 11.5 Å². The van der Waals surface area contributed by atoms with E-state index in [1.165, 1.54) is 77.0 Å². The highest BCUT2D eigenvalue weighted by atomic mass is 16.5. The fourth-order valence-corrected chi connectivity index (χ4v) is 5.57. The van der Waals surface area contributed by atoms with Gasteiger partial charge in [-0.2, -0.15) is 0 Å². The van der Waals surface area contributed by atoms with Crippen LogP contribution in [-0.4, -0.2) is 11.9 Å². The summed E-state index contributed by atoms with van der Waals surface area (Å²) in [6.45, 7) is 6.49. The Kier molecular flexibility index (Phi) is 14.7. The van der Waals surface area contributed by atoms with Crippen molar-refractivity contribution in [2.24, 2.45) is 0 Å². The van der Waals surface area contributed by atoms with Gasteiger partial charge in [-0.25, -0.2) is 0 Å². The molecule has 0 bridgehead atoms. The van der Waals surface area contributed by atoms with Gasteiger partial charge in [-0.15, -0.1) is 0 Å². The van der Waals surface area contributed by atoms with Crippen molar-refractivity contribution in [2.75, 3.05) is 0 Å². The number of carbonyl (C=O) groups excluding carboxylic acids is 2. The molecule has 0 heterocycles. The average molecular weight is 561 g/mol. The van der Waals surface area contributed by atoms with Gasteiger partial charge < -0.3 is 9.47 Å². The van der Waals surface area contributed by atoms with Crippen LogP contribution in [0.3, 0.4) is 0 Å². The molecule has 3 aromatic rings. The lowest BCUT2D eigenvalue weighted by Gasteiger charge is -2.17. The molecule has 0 aliphatic rings. The number of rotatable bonds is 20. The lowest BCUT2D eigenvalue weighted by Crippen LogP contribution is -2.11. The first-order valence-electron chi connectivity index (χ1n) is 16.4. The highest BCUT2D eigenvalue weighted by Crippen LogP contribution is 2.43. The number of hydrogen-bond donors (Lipinski definition) is 0. The monoisotopic (exact) mass is 560 g/mol. The van der Waals surface area contributed by atoms with Gasteiger partial charge in [-0.05, 0) is 25.8 Å². The normalized spacial score (nSPS) is 11.3. The van der Waals surface area contributed by atoms with Crippen molar-refractivity contribution in [1.29, 1.82) is 0 Å². The maximum absolute atomic E-state index is 13.0. The van der Waals surface area contributed by atoms with Crippen LogP contribution in [0.2, 0.25) is 0 Å². The van der Waals surface area contributed by atoms with E-state index >= 15 is 0 Å². The van der Waals surface area contributed by atoms with Gasteiger partial charge in [0.2, 0.25) is 0 Å². The van der Waals surface area contributed by atoms with Crippen LogP contribution < -0.4 is 9.47 Å². The van der Waals surface area contributed by atoms with Crippen LogP contribution in [0.5, 0.6) is 11.5 Å². The van der Waals surface area contributed by atoms with Gasteiger partial charge in [0, 0.05) is 34.4 Å². The van der Waals surface area contributed by atoms with Crippen LogP contribution in [0.1, 0.15) is 135 Å². The predicted molar refractivity (Wildman–Crippen MR) is 172 cm³/mol. The number of hydrogen-bond acceptors (Lipinski definition) is 4. The second-order valence-electron chi connectivity index (χ2n) is 11.7. The predicted octanol–water partition coefficient (Wildman–Crippen LogP) is 11.2.